The van der Waals surface area contributed by atoms with Gasteiger partial charge in [-0.1, -0.05) is 0 Å². The highest BCUT2D eigenvalue weighted by molar-refractivity contribution is 5.68. The van der Waals surface area contributed by atoms with E-state index in [1.54, 1.807) is 16.9 Å². The van der Waals surface area contributed by atoms with Gasteiger partial charge in [-0.25, -0.2) is 14.5 Å². The smallest absolute Gasteiger partial charge is 0.247 e. The number of nitrogens with zero attached hydrogens (tertiary/aromatic N) is 5. The van der Waals surface area contributed by atoms with Crippen LogP contribution in [0.3, 0.4) is 0 Å². The number of pyridine rings is 1. The fraction of sp³-hybridized carbons (Fsp3) is 0.111. The summed E-state index contributed by atoms with van der Waals surface area (Å²) in [6.07, 6.45) is 6.70. The van der Waals surface area contributed by atoms with Crippen molar-refractivity contribution in [3.63, 3.8) is 0 Å². The minimum absolute atomic E-state index is 0.335. The highest BCUT2D eigenvalue weighted by Crippen LogP contribution is 2.29. The second-order valence-corrected chi connectivity index (χ2v) is 5.87. The lowest BCUT2D eigenvalue weighted by Crippen LogP contribution is -1.94. The number of phenolic OH excluding ortho intramolecular Hbond substituents is 1. The molecule has 1 aromatic carbocycles. The van der Waals surface area contributed by atoms with E-state index in [1.807, 2.05) is 44.3 Å². The normalized spacial score (nSPS) is 11.0. The van der Waals surface area contributed by atoms with Crippen molar-refractivity contribution >= 4 is 17.3 Å². The molecular weight excluding hydrogens is 316 g/mol. The van der Waals surface area contributed by atoms with E-state index in [1.165, 1.54) is 6.33 Å². The summed E-state index contributed by atoms with van der Waals surface area (Å²) in [5.74, 6) is 0.812. The minimum atomic E-state index is 0.335. The van der Waals surface area contributed by atoms with Gasteiger partial charge in [-0.2, -0.15) is 4.98 Å². The zero-order valence-electron chi connectivity index (χ0n) is 13.8. The van der Waals surface area contributed by atoms with Crippen LogP contribution in [0.4, 0.5) is 11.6 Å². The number of rotatable bonds is 3. The maximum atomic E-state index is 9.95. The summed E-state index contributed by atoms with van der Waals surface area (Å²) in [5, 5.41) is 17.5. The van der Waals surface area contributed by atoms with E-state index in [-0.39, 0.29) is 0 Å². The predicted molar refractivity (Wildman–Crippen MR) is 94.9 cm³/mol. The third kappa shape index (κ3) is 2.87. The van der Waals surface area contributed by atoms with Crippen LogP contribution in [-0.4, -0.2) is 29.7 Å². The summed E-state index contributed by atoms with van der Waals surface area (Å²) < 4.78 is 1.72. The Hall–Kier alpha value is -3.48. The molecule has 0 aliphatic rings. The van der Waals surface area contributed by atoms with Crippen LogP contribution >= 0.6 is 0 Å². The van der Waals surface area contributed by atoms with Crippen molar-refractivity contribution in [2.75, 3.05) is 5.32 Å². The number of hydrogen-bond acceptors (Lipinski definition) is 6. The zero-order valence-corrected chi connectivity index (χ0v) is 13.8. The van der Waals surface area contributed by atoms with Gasteiger partial charge in [0.1, 0.15) is 12.1 Å². The number of aryl methyl sites for hydroxylation is 2. The molecule has 3 heterocycles. The Morgan fingerprint density at radius 3 is 2.44 bits per heavy atom. The van der Waals surface area contributed by atoms with Gasteiger partial charge < -0.3 is 10.4 Å². The van der Waals surface area contributed by atoms with E-state index < -0.39 is 0 Å². The molecule has 124 valence electrons. The maximum absolute atomic E-state index is 9.95. The topological polar surface area (TPSA) is 88.2 Å². The van der Waals surface area contributed by atoms with Gasteiger partial charge in [0, 0.05) is 11.8 Å². The third-order valence-electron chi connectivity index (χ3n) is 3.97. The number of anilines is 2. The molecule has 25 heavy (non-hydrogen) atoms. The van der Waals surface area contributed by atoms with E-state index in [0.29, 0.717) is 11.7 Å². The highest BCUT2D eigenvalue weighted by Gasteiger charge is 2.09. The molecule has 7 heteroatoms. The van der Waals surface area contributed by atoms with Crippen molar-refractivity contribution in [1.82, 2.24) is 24.6 Å². The third-order valence-corrected chi connectivity index (χ3v) is 3.97. The number of nitrogens with one attached hydrogen (secondary N) is 1. The first-order chi connectivity index (χ1) is 12.1. The molecule has 0 atom stereocenters. The van der Waals surface area contributed by atoms with Crippen LogP contribution < -0.4 is 5.32 Å². The number of hydrogen-bond donors (Lipinski definition) is 2. The van der Waals surface area contributed by atoms with Gasteiger partial charge in [0.15, 0.2) is 5.65 Å². The maximum Gasteiger partial charge on any atom is 0.247 e. The van der Waals surface area contributed by atoms with Gasteiger partial charge in [0.05, 0.1) is 18.1 Å². The number of aromatic hydroxyl groups is 1. The first-order valence-corrected chi connectivity index (χ1v) is 7.79. The van der Waals surface area contributed by atoms with Gasteiger partial charge in [-0.15, -0.1) is 5.10 Å². The minimum Gasteiger partial charge on any atom is -0.507 e. The first-order valence-electron chi connectivity index (χ1n) is 7.79. The molecule has 2 N–H and O–H groups in total. The van der Waals surface area contributed by atoms with Crippen LogP contribution in [0.15, 0.2) is 49.2 Å². The number of phenols is 1. The van der Waals surface area contributed by atoms with Crippen LogP contribution in [-0.2, 0) is 0 Å². The van der Waals surface area contributed by atoms with Crippen LogP contribution in [0.2, 0.25) is 0 Å². The molecule has 0 fully saturated rings. The Balaban J connectivity index is 1.71. The SMILES string of the molecule is Cc1cc(-c2ccc3nc(Nc4cncnc4)nn3c2)cc(C)c1O. The van der Waals surface area contributed by atoms with Crippen molar-refractivity contribution in [3.8, 4) is 16.9 Å². The molecule has 0 saturated heterocycles. The molecule has 0 saturated carbocycles. The van der Waals surface area contributed by atoms with E-state index in [0.717, 1.165) is 33.6 Å². The summed E-state index contributed by atoms with van der Waals surface area (Å²) in [7, 11) is 0. The van der Waals surface area contributed by atoms with Gasteiger partial charge in [0.2, 0.25) is 5.95 Å². The summed E-state index contributed by atoms with van der Waals surface area (Å²) in [6.45, 7) is 3.79. The monoisotopic (exact) mass is 332 g/mol. The molecule has 0 radical (unpaired) electrons. The van der Waals surface area contributed by atoms with Crippen LogP contribution in [0.25, 0.3) is 16.8 Å². The van der Waals surface area contributed by atoms with E-state index >= 15 is 0 Å². The Morgan fingerprint density at radius 1 is 1.00 bits per heavy atom. The second kappa shape index (κ2) is 5.86. The average molecular weight is 332 g/mol. The summed E-state index contributed by atoms with van der Waals surface area (Å²) in [6, 6.07) is 7.82. The molecule has 0 aliphatic carbocycles. The summed E-state index contributed by atoms with van der Waals surface area (Å²) >= 11 is 0. The van der Waals surface area contributed by atoms with Crippen LogP contribution in [0.5, 0.6) is 5.75 Å². The fourth-order valence-corrected chi connectivity index (χ4v) is 2.72. The molecule has 0 aliphatic heterocycles. The van der Waals surface area contributed by atoms with Crippen molar-refractivity contribution in [3.05, 3.63) is 60.3 Å². The average Bonchev–Trinajstić information content (AvgIpc) is 3.01. The molecule has 0 amide bonds. The lowest BCUT2D eigenvalue weighted by Gasteiger charge is -2.08. The van der Waals surface area contributed by atoms with Crippen LogP contribution in [0.1, 0.15) is 11.1 Å². The lowest BCUT2D eigenvalue weighted by molar-refractivity contribution is 0.467. The molecule has 7 nitrogen and oxygen atoms in total. The Labute approximate surface area is 144 Å². The Kier molecular flexibility index (Phi) is 3.53. The van der Waals surface area contributed by atoms with Crippen LogP contribution in [0, 0.1) is 13.8 Å². The standard InChI is InChI=1S/C18H16N6O/c1-11-5-14(6-12(2)17(11)25)13-3-4-16-22-18(23-24(16)9-13)21-15-7-19-10-20-8-15/h3-10,25H,1-2H3,(H,21,23). The van der Waals surface area contributed by atoms with Crippen molar-refractivity contribution in [1.29, 1.82) is 0 Å². The number of fused-ring (bicyclic) bond motifs is 1. The predicted octanol–water partition coefficient (Wildman–Crippen LogP) is 3.25. The van der Waals surface area contributed by atoms with Crippen molar-refractivity contribution in [2.24, 2.45) is 0 Å². The zero-order chi connectivity index (χ0) is 17.4. The second-order valence-electron chi connectivity index (χ2n) is 5.87. The number of benzene rings is 1. The van der Waals surface area contributed by atoms with E-state index in [2.05, 4.69) is 25.4 Å². The molecule has 3 aromatic heterocycles. The molecule has 0 spiro atoms. The molecule has 0 bridgehead atoms. The van der Waals surface area contributed by atoms with Gasteiger partial charge in [-0.05, 0) is 54.8 Å². The molecule has 0 unspecified atom stereocenters. The van der Waals surface area contributed by atoms with E-state index in [9.17, 15) is 5.11 Å². The molecule has 4 aromatic rings. The largest absolute Gasteiger partial charge is 0.507 e. The Bertz CT molecular complexity index is 1030. The Morgan fingerprint density at radius 2 is 1.72 bits per heavy atom. The number of aromatic nitrogens is 5. The lowest BCUT2D eigenvalue weighted by atomic mass is 10.0. The first kappa shape index (κ1) is 15.1. The molecular formula is C18H16N6O. The van der Waals surface area contributed by atoms with Gasteiger partial charge in [0.25, 0.3) is 0 Å². The van der Waals surface area contributed by atoms with E-state index in [4.69, 9.17) is 0 Å². The highest BCUT2D eigenvalue weighted by atomic mass is 16.3. The van der Waals surface area contributed by atoms with Gasteiger partial charge >= 0.3 is 0 Å². The molecule has 4 rings (SSSR count). The quantitative estimate of drug-likeness (QED) is 0.599. The summed E-state index contributed by atoms with van der Waals surface area (Å²) in [5.41, 5.74) is 5.17. The summed E-state index contributed by atoms with van der Waals surface area (Å²) in [4.78, 5) is 12.3. The van der Waals surface area contributed by atoms with Crippen molar-refractivity contribution < 1.29 is 5.11 Å². The van der Waals surface area contributed by atoms with Gasteiger partial charge in [-0.3, -0.25) is 0 Å². The fourth-order valence-electron chi connectivity index (χ4n) is 2.72. The van der Waals surface area contributed by atoms with Crippen molar-refractivity contribution in [2.45, 2.75) is 13.8 Å².